The predicted octanol–water partition coefficient (Wildman–Crippen LogP) is 3.26. The van der Waals surface area contributed by atoms with Gasteiger partial charge >= 0.3 is 0 Å². The minimum atomic E-state index is 0.803. The fraction of sp³-hybridized carbons (Fsp3) is 0.500. The van der Waals surface area contributed by atoms with E-state index < -0.39 is 0 Å². The summed E-state index contributed by atoms with van der Waals surface area (Å²) >= 11 is 0. The van der Waals surface area contributed by atoms with Gasteiger partial charge in [-0.25, -0.2) is 0 Å². The van der Waals surface area contributed by atoms with E-state index in [4.69, 9.17) is 4.42 Å². The van der Waals surface area contributed by atoms with Crippen molar-refractivity contribution in [2.45, 2.75) is 33.4 Å². The summed E-state index contributed by atoms with van der Waals surface area (Å²) in [6.07, 6.45) is 4.98. The molecule has 0 saturated heterocycles. The van der Waals surface area contributed by atoms with E-state index in [1.54, 1.807) is 0 Å². The van der Waals surface area contributed by atoms with Crippen molar-refractivity contribution in [2.24, 2.45) is 0 Å². The number of rotatable bonds is 10. The molecule has 3 nitrogen and oxygen atoms in total. The minimum absolute atomic E-state index is 0.803. The van der Waals surface area contributed by atoms with Crippen LogP contribution >= 0.6 is 0 Å². The molecule has 1 heterocycles. The molecule has 1 aromatic heterocycles. The van der Waals surface area contributed by atoms with Gasteiger partial charge in [0.05, 0.1) is 6.54 Å². The highest BCUT2D eigenvalue weighted by Crippen LogP contribution is 2.16. The molecular formula is C16H26N2O. The van der Waals surface area contributed by atoms with Crippen LogP contribution in [0, 0.1) is 6.92 Å². The molecule has 0 unspecified atom stereocenters. The smallest absolute Gasteiger partial charge is 0.118 e. The summed E-state index contributed by atoms with van der Waals surface area (Å²) in [5.74, 6) is 2.02. The van der Waals surface area contributed by atoms with E-state index in [-0.39, 0.29) is 0 Å². The standard InChI is InChI=1S/C16H26N2O/c1-5-8-17-12-16-11-15(14(4)19-16)13-18(9-6-2)10-7-3/h6-7,11,17H,2-3,5,8-10,12-13H2,1,4H3. The van der Waals surface area contributed by atoms with Crippen molar-refractivity contribution in [3.63, 3.8) is 0 Å². The molecule has 1 rings (SSSR count). The number of nitrogens with one attached hydrogen (secondary N) is 1. The van der Waals surface area contributed by atoms with Crippen molar-refractivity contribution < 1.29 is 4.42 Å². The van der Waals surface area contributed by atoms with Crippen LogP contribution in [0.25, 0.3) is 0 Å². The summed E-state index contributed by atoms with van der Waals surface area (Å²) in [6, 6.07) is 2.15. The van der Waals surface area contributed by atoms with Crippen LogP contribution in [-0.2, 0) is 13.1 Å². The lowest BCUT2D eigenvalue weighted by Crippen LogP contribution is -2.23. The van der Waals surface area contributed by atoms with Crippen molar-refractivity contribution in [2.75, 3.05) is 19.6 Å². The highest BCUT2D eigenvalue weighted by molar-refractivity contribution is 5.21. The van der Waals surface area contributed by atoms with Gasteiger partial charge in [-0.15, -0.1) is 13.2 Å². The van der Waals surface area contributed by atoms with E-state index in [9.17, 15) is 0 Å². The first-order valence-corrected chi connectivity index (χ1v) is 6.94. The Hall–Kier alpha value is -1.32. The Bertz CT molecular complexity index is 385. The molecule has 0 fully saturated rings. The van der Waals surface area contributed by atoms with E-state index in [1.165, 1.54) is 5.56 Å². The van der Waals surface area contributed by atoms with Crippen LogP contribution in [0.1, 0.15) is 30.4 Å². The maximum absolute atomic E-state index is 5.78. The molecule has 0 aromatic carbocycles. The van der Waals surface area contributed by atoms with Gasteiger partial charge in [-0.3, -0.25) is 4.90 Å². The second kappa shape index (κ2) is 8.73. The average Bonchev–Trinajstić information content (AvgIpc) is 2.71. The van der Waals surface area contributed by atoms with Gasteiger partial charge in [0.25, 0.3) is 0 Å². The van der Waals surface area contributed by atoms with Gasteiger partial charge < -0.3 is 9.73 Å². The minimum Gasteiger partial charge on any atom is -0.465 e. The van der Waals surface area contributed by atoms with Crippen molar-refractivity contribution in [3.8, 4) is 0 Å². The lowest BCUT2D eigenvalue weighted by molar-refractivity contribution is 0.324. The van der Waals surface area contributed by atoms with E-state index in [0.29, 0.717) is 0 Å². The van der Waals surface area contributed by atoms with Crippen LogP contribution in [-0.4, -0.2) is 24.5 Å². The van der Waals surface area contributed by atoms with Gasteiger partial charge in [-0.2, -0.15) is 0 Å². The predicted molar refractivity (Wildman–Crippen MR) is 81.1 cm³/mol. The van der Waals surface area contributed by atoms with Gasteiger partial charge in [-0.05, 0) is 26.0 Å². The van der Waals surface area contributed by atoms with Crippen molar-refractivity contribution in [1.29, 1.82) is 0 Å². The van der Waals surface area contributed by atoms with Gasteiger partial charge in [0, 0.05) is 25.2 Å². The van der Waals surface area contributed by atoms with E-state index in [0.717, 1.165) is 50.7 Å². The van der Waals surface area contributed by atoms with Crippen molar-refractivity contribution >= 4 is 0 Å². The van der Waals surface area contributed by atoms with Crippen molar-refractivity contribution in [1.82, 2.24) is 10.2 Å². The Balaban J connectivity index is 2.60. The molecule has 3 heteroatoms. The van der Waals surface area contributed by atoms with Gasteiger partial charge in [-0.1, -0.05) is 19.1 Å². The molecule has 0 bridgehead atoms. The zero-order valence-electron chi connectivity index (χ0n) is 12.2. The SMILES string of the molecule is C=CCN(CC=C)Cc1cc(CNCCC)oc1C. The van der Waals surface area contributed by atoms with E-state index >= 15 is 0 Å². The topological polar surface area (TPSA) is 28.4 Å². The van der Waals surface area contributed by atoms with Crippen molar-refractivity contribution in [3.05, 3.63) is 48.5 Å². The van der Waals surface area contributed by atoms with Crippen LogP contribution in [0.2, 0.25) is 0 Å². The second-order valence-electron chi connectivity index (χ2n) is 4.74. The molecular weight excluding hydrogens is 236 g/mol. The molecule has 0 spiro atoms. The summed E-state index contributed by atoms with van der Waals surface area (Å²) in [6.45, 7) is 16.2. The Kier molecular flexibility index (Phi) is 7.23. The fourth-order valence-corrected chi connectivity index (χ4v) is 2.03. The first-order chi connectivity index (χ1) is 9.21. The number of furan rings is 1. The van der Waals surface area contributed by atoms with E-state index in [1.807, 2.05) is 19.1 Å². The van der Waals surface area contributed by atoms with Crippen LogP contribution in [0.15, 0.2) is 35.8 Å². The highest BCUT2D eigenvalue weighted by atomic mass is 16.3. The maximum Gasteiger partial charge on any atom is 0.118 e. The summed E-state index contributed by atoms with van der Waals surface area (Å²) in [5, 5.41) is 3.36. The first kappa shape index (κ1) is 15.7. The molecule has 0 radical (unpaired) electrons. The van der Waals surface area contributed by atoms with Gasteiger partial charge in [0.15, 0.2) is 0 Å². The number of nitrogens with zero attached hydrogens (tertiary/aromatic N) is 1. The van der Waals surface area contributed by atoms with Crippen LogP contribution in [0.4, 0.5) is 0 Å². The second-order valence-corrected chi connectivity index (χ2v) is 4.74. The molecule has 0 saturated carbocycles. The zero-order valence-corrected chi connectivity index (χ0v) is 12.2. The summed E-state index contributed by atoms with van der Waals surface area (Å²) in [5.41, 5.74) is 1.25. The van der Waals surface area contributed by atoms with Crippen LogP contribution < -0.4 is 5.32 Å². The zero-order chi connectivity index (χ0) is 14.1. The third kappa shape index (κ3) is 5.45. The molecule has 0 aliphatic carbocycles. The molecule has 19 heavy (non-hydrogen) atoms. The molecule has 106 valence electrons. The Labute approximate surface area is 117 Å². The number of hydrogen-bond acceptors (Lipinski definition) is 3. The van der Waals surface area contributed by atoms with Gasteiger partial charge in [0.2, 0.25) is 0 Å². The maximum atomic E-state index is 5.78. The molecule has 0 amide bonds. The Morgan fingerprint density at radius 1 is 1.32 bits per heavy atom. The normalized spacial score (nSPS) is 10.9. The third-order valence-electron chi connectivity index (χ3n) is 2.97. The largest absolute Gasteiger partial charge is 0.465 e. The van der Waals surface area contributed by atoms with Gasteiger partial charge in [0.1, 0.15) is 11.5 Å². The Morgan fingerprint density at radius 3 is 2.58 bits per heavy atom. The summed E-state index contributed by atoms with van der Waals surface area (Å²) in [7, 11) is 0. The lowest BCUT2D eigenvalue weighted by atomic mass is 10.2. The quantitative estimate of drug-likeness (QED) is 0.518. The monoisotopic (exact) mass is 262 g/mol. The molecule has 0 aliphatic heterocycles. The van der Waals surface area contributed by atoms with Crippen LogP contribution in [0.5, 0.6) is 0 Å². The molecule has 1 N–H and O–H groups in total. The molecule has 0 atom stereocenters. The fourth-order valence-electron chi connectivity index (χ4n) is 2.03. The average molecular weight is 262 g/mol. The number of aryl methyl sites for hydroxylation is 1. The van der Waals surface area contributed by atoms with Crippen LogP contribution in [0.3, 0.4) is 0 Å². The Morgan fingerprint density at radius 2 is 2.00 bits per heavy atom. The number of hydrogen-bond donors (Lipinski definition) is 1. The lowest BCUT2D eigenvalue weighted by Gasteiger charge is -2.17. The summed E-state index contributed by atoms with van der Waals surface area (Å²) in [4.78, 5) is 2.28. The summed E-state index contributed by atoms with van der Waals surface area (Å²) < 4.78 is 5.78. The molecule has 0 aliphatic rings. The molecule has 1 aromatic rings. The first-order valence-electron chi connectivity index (χ1n) is 6.94. The van der Waals surface area contributed by atoms with E-state index in [2.05, 4.69) is 36.4 Å². The third-order valence-corrected chi connectivity index (χ3v) is 2.97. The highest BCUT2D eigenvalue weighted by Gasteiger charge is 2.10.